The van der Waals surface area contributed by atoms with Crippen LogP contribution in [0, 0.1) is 0 Å². The molecule has 0 unspecified atom stereocenters. The van der Waals surface area contributed by atoms with Crippen LogP contribution in [0.4, 0.5) is 17.1 Å². The predicted octanol–water partition coefficient (Wildman–Crippen LogP) is 15.1. The Bertz CT molecular complexity index is 3330. The maximum Gasteiger partial charge on any atom is 0.123 e. The number of fused-ring (bicyclic) bond motifs is 12. The van der Waals surface area contributed by atoms with Gasteiger partial charge in [-0.15, -0.1) is 0 Å². The van der Waals surface area contributed by atoms with E-state index in [1.807, 2.05) is 0 Å². The summed E-state index contributed by atoms with van der Waals surface area (Å²) in [6, 6.07) is 70.8. The van der Waals surface area contributed by atoms with Crippen molar-refractivity contribution in [1.29, 1.82) is 0 Å². The van der Waals surface area contributed by atoms with Crippen molar-refractivity contribution in [2.75, 3.05) is 4.90 Å². The van der Waals surface area contributed by atoms with Gasteiger partial charge < -0.3 is 4.90 Å². The molecule has 1 nitrogen and oxygen atoms in total. The summed E-state index contributed by atoms with van der Waals surface area (Å²) >= 11 is 0. The van der Waals surface area contributed by atoms with Crippen LogP contribution in [-0.4, -0.2) is 8.07 Å². The lowest BCUT2D eigenvalue weighted by Gasteiger charge is -2.43. The molecule has 62 heavy (non-hydrogen) atoms. The molecule has 0 N–H and O–H groups in total. The molecule has 0 aromatic heterocycles. The molecule has 0 atom stereocenters. The monoisotopic (exact) mass is 811 g/mol. The van der Waals surface area contributed by atoms with E-state index in [1.165, 1.54) is 130 Å². The quantitative estimate of drug-likeness (QED) is 0.127. The Morgan fingerprint density at radius 1 is 0.387 bits per heavy atom. The first-order valence-electron chi connectivity index (χ1n) is 22.7. The predicted molar refractivity (Wildman–Crippen MR) is 266 cm³/mol. The summed E-state index contributed by atoms with van der Waals surface area (Å²) in [5.74, 6) is 0. The molecule has 0 saturated carbocycles. The van der Waals surface area contributed by atoms with Crippen LogP contribution >= 0.6 is 0 Å². The molecule has 9 aromatic carbocycles. The highest BCUT2D eigenvalue weighted by molar-refractivity contribution is 7.05. The van der Waals surface area contributed by atoms with Crippen LogP contribution in [0.15, 0.2) is 176 Å². The van der Waals surface area contributed by atoms with E-state index in [-0.39, 0.29) is 10.8 Å². The van der Waals surface area contributed by atoms with Crippen LogP contribution in [0.5, 0.6) is 0 Å². The maximum atomic E-state index is 2.67. The zero-order valence-electron chi connectivity index (χ0n) is 36.0. The number of hydrogen-bond acceptors (Lipinski definition) is 1. The molecule has 1 saturated heterocycles. The van der Waals surface area contributed by atoms with Crippen LogP contribution in [0.25, 0.3) is 66.1 Å². The highest BCUT2D eigenvalue weighted by Gasteiger charge is 2.47. The van der Waals surface area contributed by atoms with Crippen LogP contribution in [0.3, 0.4) is 0 Å². The fourth-order valence-corrected chi connectivity index (χ4v) is 18.4. The van der Waals surface area contributed by atoms with Gasteiger partial charge in [-0.05, 0) is 130 Å². The van der Waals surface area contributed by atoms with Gasteiger partial charge in [0.05, 0.1) is 5.69 Å². The minimum Gasteiger partial charge on any atom is -0.309 e. The van der Waals surface area contributed by atoms with Gasteiger partial charge in [-0.1, -0.05) is 186 Å². The van der Waals surface area contributed by atoms with Crippen LogP contribution in [0.1, 0.15) is 62.8 Å². The summed E-state index contributed by atoms with van der Waals surface area (Å²) < 4.78 is 0. The van der Waals surface area contributed by atoms with Crippen molar-refractivity contribution >= 4 is 57.1 Å². The second kappa shape index (κ2) is 12.8. The van der Waals surface area contributed by atoms with Gasteiger partial charge >= 0.3 is 0 Å². The molecule has 298 valence electrons. The highest BCUT2D eigenvalue weighted by atomic mass is 28.3. The first-order chi connectivity index (χ1) is 30.3. The average Bonchev–Trinajstić information content (AvgIpc) is 3.96. The molecule has 2 heterocycles. The zero-order chi connectivity index (χ0) is 41.5. The summed E-state index contributed by atoms with van der Waals surface area (Å²) in [7, 11) is -1.92. The van der Waals surface area contributed by atoms with Gasteiger partial charge in [0.15, 0.2) is 0 Å². The van der Waals surface area contributed by atoms with E-state index < -0.39 is 8.07 Å². The molecule has 2 aliphatic carbocycles. The summed E-state index contributed by atoms with van der Waals surface area (Å²) in [5.41, 5.74) is 20.1. The molecular weight excluding hydrogens is 763 g/mol. The SMILES string of the molecule is CC1(C)c2ccccc2-c2cc(-c3c4ccccc4c(N4c5ccccc5[Si]5(CCCC5)c5ccccc54)c4ccc(-c5ccc6c(c5)C(C)(C)c5ccccc5-6)cc34)ccc21. The fraction of sp³-hybridized carbons (Fsp3) is 0.167. The van der Waals surface area contributed by atoms with Gasteiger partial charge in [0.25, 0.3) is 0 Å². The standard InChI is InChI=1S/C60H49NSi/c1-59(2)50-22-10-8-18-42(50)47-36-40(29-32-51(47)59)57-44-19-5-6-20-45(44)58(61-53-23-11-13-25-55(53)62(33-15-16-34-62)56-26-14-12-24-54(56)61)46-31-28-38(35-48(46)57)39-27-30-43-41-17-7-9-21-49(41)60(3,4)52(43)37-39/h5-14,17-32,35-37H,15-16,33-34H2,1-4H3. The molecule has 13 rings (SSSR count). The smallest absolute Gasteiger partial charge is 0.123 e. The first-order valence-corrected chi connectivity index (χ1v) is 25.1. The molecule has 0 radical (unpaired) electrons. The number of benzene rings is 9. The van der Waals surface area contributed by atoms with Crippen molar-refractivity contribution in [2.24, 2.45) is 0 Å². The lowest BCUT2D eigenvalue weighted by Crippen LogP contribution is -2.60. The van der Waals surface area contributed by atoms with E-state index in [9.17, 15) is 0 Å². The highest BCUT2D eigenvalue weighted by Crippen LogP contribution is 2.55. The van der Waals surface area contributed by atoms with Crippen LogP contribution in [-0.2, 0) is 10.8 Å². The summed E-state index contributed by atoms with van der Waals surface area (Å²) in [6.07, 6.45) is 2.65. The molecule has 4 aliphatic rings. The summed E-state index contributed by atoms with van der Waals surface area (Å²) in [6.45, 7) is 9.54. The minimum absolute atomic E-state index is 0.0539. The maximum absolute atomic E-state index is 2.67. The van der Waals surface area contributed by atoms with Crippen LogP contribution in [0.2, 0.25) is 12.1 Å². The molecule has 0 bridgehead atoms. The Morgan fingerprint density at radius 2 is 0.887 bits per heavy atom. The molecule has 1 spiro atoms. The lowest BCUT2D eigenvalue weighted by atomic mass is 9.81. The Balaban J connectivity index is 1.11. The Kier molecular flexibility index (Phi) is 7.46. The van der Waals surface area contributed by atoms with Crippen molar-refractivity contribution in [3.8, 4) is 44.5 Å². The largest absolute Gasteiger partial charge is 0.309 e. The Morgan fingerprint density at radius 3 is 1.60 bits per heavy atom. The van der Waals surface area contributed by atoms with Crippen LogP contribution < -0.4 is 15.3 Å². The van der Waals surface area contributed by atoms with Gasteiger partial charge in [0.2, 0.25) is 0 Å². The molecular formula is C60H49NSi. The third kappa shape index (κ3) is 4.74. The number of anilines is 3. The van der Waals surface area contributed by atoms with Gasteiger partial charge in [-0.25, -0.2) is 0 Å². The third-order valence-electron chi connectivity index (χ3n) is 15.8. The van der Waals surface area contributed by atoms with Crippen molar-refractivity contribution in [2.45, 2.75) is 63.5 Å². The molecule has 2 heteroatoms. The molecule has 9 aromatic rings. The first kappa shape index (κ1) is 36.2. The van der Waals surface area contributed by atoms with E-state index in [1.54, 1.807) is 10.4 Å². The molecule has 2 aliphatic heterocycles. The minimum atomic E-state index is -1.92. The Labute approximate surface area is 366 Å². The number of nitrogens with zero attached hydrogens (tertiary/aromatic N) is 1. The normalized spacial score (nSPS) is 16.8. The zero-order valence-corrected chi connectivity index (χ0v) is 37.0. The number of para-hydroxylation sites is 2. The van der Waals surface area contributed by atoms with E-state index in [4.69, 9.17) is 0 Å². The van der Waals surface area contributed by atoms with Crippen molar-refractivity contribution in [3.63, 3.8) is 0 Å². The summed E-state index contributed by atoms with van der Waals surface area (Å²) in [4.78, 5) is 2.67. The second-order valence-electron chi connectivity index (χ2n) is 19.6. The van der Waals surface area contributed by atoms with Gasteiger partial charge in [0.1, 0.15) is 8.07 Å². The average molecular weight is 812 g/mol. The van der Waals surface area contributed by atoms with Crippen molar-refractivity contribution in [3.05, 3.63) is 198 Å². The van der Waals surface area contributed by atoms with E-state index in [0.29, 0.717) is 0 Å². The molecule has 0 amide bonds. The van der Waals surface area contributed by atoms with Gasteiger partial charge in [-0.2, -0.15) is 0 Å². The fourth-order valence-electron chi connectivity index (χ4n) is 12.8. The van der Waals surface area contributed by atoms with E-state index in [0.717, 1.165) is 0 Å². The lowest BCUT2D eigenvalue weighted by molar-refractivity contribution is 0.660. The topological polar surface area (TPSA) is 3.24 Å². The van der Waals surface area contributed by atoms with Gasteiger partial charge in [0, 0.05) is 33.0 Å². The van der Waals surface area contributed by atoms with Gasteiger partial charge in [-0.3, -0.25) is 0 Å². The number of hydrogen-bond donors (Lipinski definition) is 0. The van der Waals surface area contributed by atoms with E-state index >= 15 is 0 Å². The second-order valence-corrected chi connectivity index (χ2v) is 23.8. The van der Waals surface area contributed by atoms with E-state index in [2.05, 4.69) is 209 Å². The molecule has 1 fully saturated rings. The van der Waals surface area contributed by atoms with Crippen molar-refractivity contribution in [1.82, 2.24) is 0 Å². The Hall–Kier alpha value is -6.48. The van der Waals surface area contributed by atoms with Crippen molar-refractivity contribution < 1.29 is 0 Å². The summed E-state index contributed by atoms with van der Waals surface area (Å²) in [5, 5.41) is 8.36. The number of rotatable bonds is 3. The third-order valence-corrected chi connectivity index (χ3v) is 21.1.